The Labute approximate surface area is 95.3 Å². The molecular weight excluding hydrogens is 234 g/mol. The lowest BCUT2D eigenvalue weighted by Crippen LogP contribution is -2.57. The number of hydrogen-bond donors (Lipinski definition) is 0. The number of aromatic nitrogens is 2. The third-order valence-electron chi connectivity index (χ3n) is 2.19. The first-order valence-corrected chi connectivity index (χ1v) is 5.72. The number of halogens is 2. The second-order valence-electron chi connectivity index (χ2n) is 3.42. The predicted molar refractivity (Wildman–Crippen MR) is 55.7 cm³/mol. The third-order valence-corrected chi connectivity index (χ3v) is 2.76. The number of hydrogen-bond acceptors (Lipinski definition) is 5. The van der Waals surface area contributed by atoms with Crippen LogP contribution in [0.1, 0.15) is 5.56 Å². The van der Waals surface area contributed by atoms with Crippen LogP contribution in [0.3, 0.4) is 0 Å². The third kappa shape index (κ3) is 1.93. The van der Waals surface area contributed by atoms with Crippen molar-refractivity contribution in [1.29, 1.82) is 5.26 Å². The summed E-state index contributed by atoms with van der Waals surface area (Å²) >= 11 is 1.31. The molecular formula is C9H8F2N4S. The summed E-state index contributed by atoms with van der Waals surface area (Å²) in [6.07, 6.45) is 3.15. The van der Waals surface area contributed by atoms with Gasteiger partial charge in [-0.1, -0.05) is 11.8 Å². The van der Waals surface area contributed by atoms with Crippen LogP contribution in [-0.2, 0) is 0 Å². The van der Waals surface area contributed by atoms with Crippen LogP contribution in [0, 0.1) is 11.3 Å². The summed E-state index contributed by atoms with van der Waals surface area (Å²) in [5.74, 6) is -2.37. The van der Waals surface area contributed by atoms with Crippen LogP contribution in [0.4, 0.5) is 14.6 Å². The van der Waals surface area contributed by atoms with Gasteiger partial charge in [0.05, 0.1) is 19.3 Å². The molecule has 2 heterocycles. The average Bonchev–Trinajstić information content (AvgIpc) is 2.24. The van der Waals surface area contributed by atoms with Crippen LogP contribution in [0.25, 0.3) is 0 Å². The normalized spacial score (nSPS) is 17.8. The van der Waals surface area contributed by atoms with Crippen molar-refractivity contribution in [2.45, 2.75) is 11.1 Å². The molecule has 0 saturated carbocycles. The smallest absolute Gasteiger partial charge is 0.282 e. The van der Waals surface area contributed by atoms with Crippen molar-refractivity contribution in [3.05, 3.63) is 11.8 Å². The number of alkyl halides is 2. The molecule has 0 radical (unpaired) electrons. The quantitative estimate of drug-likeness (QED) is 0.581. The first-order chi connectivity index (χ1) is 7.55. The summed E-state index contributed by atoms with van der Waals surface area (Å²) in [5.41, 5.74) is 0.230. The molecule has 1 saturated heterocycles. The summed E-state index contributed by atoms with van der Waals surface area (Å²) in [4.78, 5) is 9.38. The van der Waals surface area contributed by atoms with Gasteiger partial charge in [-0.2, -0.15) is 5.26 Å². The maximum atomic E-state index is 12.7. The standard InChI is InChI=1S/C9H8F2N4S/c1-16-8-13-3-6(2-12)7(14-8)15-4-9(10,11)5-15/h3H,4-5H2,1H3. The molecule has 7 heteroatoms. The molecule has 0 bridgehead atoms. The van der Waals surface area contributed by atoms with Gasteiger partial charge in [-0.3, -0.25) is 0 Å². The van der Waals surface area contributed by atoms with E-state index in [0.717, 1.165) is 0 Å². The molecule has 0 amide bonds. The monoisotopic (exact) mass is 242 g/mol. The number of rotatable bonds is 2. The van der Waals surface area contributed by atoms with Gasteiger partial charge >= 0.3 is 0 Å². The van der Waals surface area contributed by atoms with Crippen LogP contribution in [-0.4, -0.2) is 35.2 Å². The van der Waals surface area contributed by atoms with Crippen molar-refractivity contribution in [2.24, 2.45) is 0 Å². The molecule has 0 N–H and O–H groups in total. The minimum Gasteiger partial charge on any atom is -0.343 e. The number of anilines is 1. The highest BCUT2D eigenvalue weighted by Gasteiger charge is 2.45. The van der Waals surface area contributed by atoms with Crippen LogP contribution >= 0.6 is 11.8 Å². The van der Waals surface area contributed by atoms with E-state index in [1.54, 1.807) is 6.26 Å². The molecule has 4 nitrogen and oxygen atoms in total. The van der Waals surface area contributed by atoms with E-state index in [1.165, 1.54) is 22.9 Å². The molecule has 1 aliphatic heterocycles. The molecule has 84 valence electrons. The molecule has 1 aliphatic rings. The van der Waals surface area contributed by atoms with E-state index >= 15 is 0 Å². The lowest BCUT2D eigenvalue weighted by molar-refractivity contribution is -0.0267. The number of nitriles is 1. The fourth-order valence-corrected chi connectivity index (χ4v) is 1.77. The molecule has 0 aliphatic carbocycles. The van der Waals surface area contributed by atoms with Crippen LogP contribution in [0.5, 0.6) is 0 Å². The van der Waals surface area contributed by atoms with Gasteiger partial charge in [0, 0.05) is 0 Å². The van der Waals surface area contributed by atoms with Gasteiger partial charge in [-0.25, -0.2) is 18.7 Å². The van der Waals surface area contributed by atoms with E-state index in [2.05, 4.69) is 9.97 Å². The maximum absolute atomic E-state index is 12.7. The molecule has 1 fully saturated rings. The molecule has 0 aromatic carbocycles. The minimum absolute atomic E-state index is 0.230. The zero-order valence-electron chi connectivity index (χ0n) is 8.44. The molecule has 2 rings (SSSR count). The Morgan fingerprint density at radius 2 is 2.25 bits per heavy atom. The van der Waals surface area contributed by atoms with Crippen molar-refractivity contribution in [3.8, 4) is 6.07 Å². The van der Waals surface area contributed by atoms with Crippen molar-refractivity contribution < 1.29 is 8.78 Å². The van der Waals surface area contributed by atoms with E-state index in [4.69, 9.17) is 5.26 Å². The Morgan fingerprint density at radius 3 is 2.75 bits per heavy atom. The van der Waals surface area contributed by atoms with E-state index in [0.29, 0.717) is 11.0 Å². The lowest BCUT2D eigenvalue weighted by atomic mass is 10.1. The minimum atomic E-state index is -2.67. The molecule has 1 aromatic heterocycles. The summed E-state index contributed by atoms with van der Waals surface area (Å²) in [6.45, 7) is -0.765. The average molecular weight is 242 g/mol. The number of nitrogens with zero attached hydrogens (tertiary/aromatic N) is 4. The molecule has 1 aromatic rings. The fourth-order valence-electron chi connectivity index (χ4n) is 1.44. The SMILES string of the molecule is CSc1ncc(C#N)c(N2CC(F)(F)C2)n1. The molecule has 16 heavy (non-hydrogen) atoms. The summed E-state index contributed by atoms with van der Waals surface area (Å²) in [7, 11) is 0. The Morgan fingerprint density at radius 1 is 1.56 bits per heavy atom. The van der Waals surface area contributed by atoms with Gasteiger partial charge < -0.3 is 4.90 Å². The van der Waals surface area contributed by atoms with Crippen LogP contribution in [0.15, 0.2) is 11.4 Å². The molecule has 0 atom stereocenters. The maximum Gasteiger partial charge on any atom is 0.282 e. The highest BCUT2D eigenvalue weighted by molar-refractivity contribution is 7.98. The van der Waals surface area contributed by atoms with Gasteiger partial charge in [-0.15, -0.1) is 0 Å². The van der Waals surface area contributed by atoms with Crippen molar-refractivity contribution in [1.82, 2.24) is 9.97 Å². The fraction of sp³-hybridized carbons (Fsp3) is 0.444. The topological polar surface area (TPSA) is 52.8 Å². The second kappa shape index (κ2) is 3.87. The van der Waals surface area contributed by atoms with Gasteiger partial charge in [0.1, 0.15) is 11.6 Å². The Kier molecular flexibility index (Phi) is 2.68. The Balaban J connectivity index is 2.29. The predicted octanol–water partition coefficient (Wildman–Crippen LogP) is 1.53. The molecule has 0 spiro atoms. The van der Waals surface area contributed by atoms with Crippen LogP contribution in [0.2, 0.25) is 0 Å². The van der Waals surface area contributed by atoms with Crippen molar-refractivity contribution in [2.75, 3.05) is 24.2 Å². The zero-order chi connectivity index (χ0) is 11.8. The summed E-state index contributed by atoms with van der Waals surface area (Å²) in [5, 5.41) is 9.31. The van der Waals surface area contributed by atoms with Gasteiger partial charge in [0.15, 0.2) is 11.0 Å². The highest BCUT2D eigenvalue weighted by atomic mass is 32.2. The van der Waals surface area contributed by atoms with Gasteiger partial charge in [0.25, 0.3) is 5.92 Å². The van der Waals surface area contributed by atoms with Crippen molar-refractivity contribution in [3.63, 3.8) is 0 Å². The number of thioether (sulfide) groups is 1. The van der Waals surface area contributed by atoms with Crippen LogP contribution < -0.4 is 4.90 Å². The molecule has 0 unspecified atom stereocenters. The van der Waals surface area contributed by atoms with E-state index in [9.17, 15) is 8.78 Å². The summed E-state index contributed by atoms with van der Waals surface area (Å²) in [6, 6.07) is 1.90. The Bertz CT molecular complexity index is 449. The Hall–Kier alpha value is -1.42. The zero-order valence-corrected chi connectivity index (χ0v) is 9.26. The first kappa shape index (κ1) is 11.1. The first-order valence-electron chi connectivity index (χ1n) is 4.49. The van der Waals surface area contributed by atoms with E-state index < -0.39 is 5.92 Å². The van der Waals surface area contributed by atoms with Crippen molar-refractivity contribution >= 4 is 17.6 Å². The van der Waals surface area contributed by atoms with Gasteiger partial charge in [0.2, 0.25) is 0 Å². The van der Waals surface area contributed by atoms with E-state index in [1.807, 2.05) is 6.07 Å². The lowest BCUT2D eigenvalue weighted by Gasteiger charge is -2.39. The van der Waals surface area contributed by atoms with E-state index in [-0.39, 0.29) is 18.7 Å². The largest absolute Gasteiger partial charge is 0.343 e. The highest BCUT2D eigenvalue weighted by Crippen LogP contribution is 2.32. The van der Waals surface area contributed by atoms with Gasteiger partial charge in [-0.05, 0) is 6.26 Å². The summed E-state index contributed by atoms with van der Waals surface area (Å²) < 4.78 is 25.4. The second-order valence-corrected chi connectivity index (χ2v) is 4.19.